The van der Waals surface area contributed by atoms with Crippen LogP contribution in [0.2, 0.25) is 0 Å². The van der Waals surface area contributed by atoms with Crippen molar-refractivity contribution >= 4 is 16.6 Å². The molecular weight excluding hydrogens is 449 g/mol. The number of hydrogen-bond donors (Lipinski definition) is 2. The van der Waals surface area contributed by atoms with Crippen LogP contribution in [0.5, 0.6) is 5.75 Å². The Morgan fingerprint density at radius 3 is 2.44 bits per heavy atom. The molecule has 3 N–H and O–H groups in total. The summed E-state index contributed by atoms with van der Waals surface area (Å²) >= 11 is 0. The van der Waals surface area contributed by atoms with Crippen molar-refractivity contribution in [2.24, 2.45) is 11.7 Å². The number of nitrogens with one attached hydrogen (secondary N) is 1. The molecule has 0 bridgehead atoms. The fourth-order valence-electron chi connectivity index (χ4n) is 5.12. The molecule has 2 unspecified atom stereocenters. The molecule has 34 heavy (non-hydrogen) atoms. The smallest absolute Gasteiger partial charge is 0.329 e. The molecule has 180 valence electrons. The van der Waals surface area contributed by atoms with E-state index in [2.05, 4.69) is 4.98 Å². The van der Waals surface area contributed by atoms with Crippen LogP contribution in [-0.4, -0.2) is 29.8 Å². The molecule has 1 aromatic heterocycles. The molecule has 1 saturated carbocycles. The lowest BCUT2D eigenvalue weighted by Crippen LogP contribution is -2.32. The number of fused-ring (bicyclic) bond motifs is 1. The van der Waals surface area contributed by atoms with E-state index >= 15 is 4.39 Å². The Labute approximate surface area is 192 Å². The molecule has 1 saturated heterocycles. The van der Waals surface area contributed by atoms with Gasteiger partial charge in [-0.1, -0.05) is 6.07 Å². The number of nitrogens with two attached hydrogens (primary N) is 1. The maximum Gasteiger partial charge on any atom is 0.329 e. The fourth-order valence-corrected chi connectivity index (χ4v) is 5.12. The van der Waals surface area contributed by atoms with E-state index < -0.39 is 34.7 Å². The minimum absolute atomic E-state index is 0.0745. The lowest BCUT2D eigenvalue weighted by molar-refractivity contribution is 0.411. The highest BCUT2D eigenvalue weighted by atomic mass is 19.1. The van der Waals surface area contributed by atoms with Gasteiger partial charge in [-0.05, 0) is 44.2 Å². The third-order valence-corrected chi connectivity index (χ3v) is 6.98. The summed E-state index contributed by atoms with van der Waals surface area (Å²) in [4.78, 5) is 29.3. The molecule has 3 aromatic rings. The third-order valence-electron chi connectivity index (χ3n) is 6.98. The lowest BCUT2D eigenvalue weighted by Gasteiger charge is -2.26. The van der Waals surface area contributed by atoms with Crippen LogP contribution >= 0.6 is 0 Å². The SMILES string of the molecule is COc1c(N2CCC(C(N)c3c(F)cccc3F)C2)c(F)c(C)c2c(=O)[nH]c(=O)n(C3CC3)c12. The van der Waals surface area contributed by atoms with Gasteiger partial charge in [0.2, 0.25) is 0 Å². The molecule has 5 rings (SSSR count). The molecule has 1 aliphatic heterocycles. The van der Waals surface area contributed by atoms with Crippen molar-refractivity contribution in [1.82, 2.24) is 9.55 Å². The minimum atomic E-state index is -0.922. The number of aromatic nitrogens is 2. The number of methoxy groups -OCH3 is 1. The highest BCUT2D eigenvalue weighted by molar-refractivity contribution is 5.93. The number of benzene rings is 2. The van der Waals surface area contributed by atoms with E-state index in [1.54, 1.807) is 4.90 Å². The number of aryl methyl sites for hydroxylation is 1. The van der Waals surface area contributed by atoms with Gasteiger partial charge in [-0.3, -0.25) is 14.3 Å². The molecule has 0 radical (unpaired) electrons. The first-order chi connectivity index (χ1) is 16.2. The largest absolute Gasteiger partial charge is 0.492 e. The number of hydrogen-bond acceptors (Lipinski definition) is 5. The van der Waals surface area contributed by atoms with Gasteiger partial charge < -0.3 is 15.4 Å². The van der Waals surface area contributed by atoms with Crippen molar-refractivity contribution in [3.8, 4) is 5.75 Å². The second-order valence-electron chi connectivity index (χ2n) is 9.06. The Morgan fingerprint density at radius 1 is 1.15 bits per heavy atom. The number of halogens is 3. The summed E-state index contributed by atoms with van der Waals surface area (Å²) in [6.45, 7) is 2.08. The quantitative estimate of drug-likeness (QED) is 0.592. The summed E-state index contributed by atoms with van der Waals surface area (Å²) in [6, 6.07) is 2.59. The van der Waals surface area contributed by atoms with Gasteiger partial charge >= 0.3 is 5.69 Å². The number of anilines is 1. The van der Waals surface area contributed by atoms with Gasteiger partial charge in [0.05, 0.1) is 12.5 Å². The molecule has 2 aliphatic rings. The standard InChI is InChI=1S/C24H25F3N4O3/c1-11-16-20(31(13-6-7-13)24(33)29-23(16)32)22(34-2)21(18(11)27)30-9-8-12(10-30)19(28)17-14(25)4-3-5-15(17)26/h3-5,12-13,19H,6-10,28H2,1-2H3,(H,29,32,33). The molecule has 7 nitrogen and oxygen atoms in total. The number of ether oxygens (including phenoxy) is 1. The van der Waals surface area contributed by atoms with Crippen LogP contribution in [0.4, 0.5) is 18.9 Å². The van der Waals surface area contributed by atoms with E-state index in [9.17, 15) is 18.4 Å². The first kappa shape index (κ1) is 22.5. The fraction of sp³-hybridized carbons (Fsp3) is 0.417. The molecule has 2 aromatic carbocycles. The van der Waals surface area contributed by atoms with Crippen molar-refractivity contribution in [2.45, 2.75) is 38.3 Å². The van der Waals surface area contributed by atoms with Crippen molar-refractivity contribution in [3.05, 3.63) is 67.6 Å². The number of nitrogens with zero attached hydrogens (tertiary/aromatic N) is 2. The van der Waals surface area contributed by atoms with Crippen LogP contribution in [0, 0.1) is 30.3 Å². The molecule has 2 fully saturated rings. The molecule has 1 aliphatic carbocycles. The first-order valence-electron chi connectivity index (χ1n) is 11.2. The predicted molar refractivity (Wildman–Crippen MR) is 122 cm³/mol. The van der Waals surface area contributed by atoms with Crippen LogP contribution in [-0.2, 0) is 0 Å². The maximum absolute atomic E-state index is 15.7. The molecule has 10 heteroatoms. The van der Waals surface area contributed by atoms with Crippen molar-refractivity contribution < 1.29 is 17.9 Å². The van der Waals surface area contributed by atoms with Gasteiger partial charge in [0.1, 0.15) is 22.8 Å². The van der Waals surface area contributed by atoms with Crippen LogP contribution in [0.3, 0.4) is 0 Å². The first-order valence-corrected chi connectivity index (χ1v) is 11.2. The van der Waals surface area contributed by atoms with Gasteiger partial charge in [-0.2, -0.15) is 0 Å². The third kappa shape index (κ3) is 3.39. The Bertz CT molecular complexity index is 1390. The zero-order chi connectivity index (χ0) is 24.3. The van der Waals surface area contributed by atoms with Crippen LogP contribution in [0.1, 0.15) is 42.5 Å². The highest BCUT2D eigenvalue weighted by Gasteiger charge is 2.37. The molecular formula is C24H25F3N4O3. The van der Waals surface area contributed by atoms with Crippen LogP contribution in [0.15, 0.2) is 27.8 Å². The number of H-pyrrole nitrogens is 1. The molecule has 0 amide bonds. The lowest BCUT2D eigenvalue weighted by atomic mass is 9.92. The van der Waals surface area contributed by atoms with E-state index in [-0.39, 0.29) is 52.0 Å². The van der Waals surface area contributed by atoms with E-state index in [0.29, 0.717) is 13.0 Å². The number of aromatic amines is 1. The summed E-state index contributed by atoms with van der Waals surface area (Å²) in [5.41, 5.74) is 5.33. The van der Waals surface area contributed by atoms with Gasteiger partial charge in [0.25, 0.3) is 5.56 Å². The van der Waals surface area contributed by atoms with Crippen LogP contribution in [0.25, 0.3) is 10.9 Å². The summed E-state index contributed by atoms with van der Waals surface area (Å²) in [7, 11) is 1.37. The van der Waals surface area contributed by atoms with Gasteiger partial charge in [-0.15, -0.1) is 0 Å². The zero-order valence-electron chi connectivity index (χ0n) is 18.8. The Balaban J connectivity index is 1.62. The van der Waals surface area contributed by atoms with E-state index in [1.807, 2.05) is 0 Å². The predicted octanol–water partition coefficient (Wildman–Crippen LogP) is 3.29. The average molecular weight is 474 g/mol. The summed E-state index contributed by atoms with van der Waals surface area (Å²) in [5.74, 6) is -2.33. The van der Waals surface area contributed by atoms with Crippen molar-refractivity contribution in [3.63, 3.8) is 0 Å². The van der Waals surface area contributed by atoms with Crippen molar-refractivity contribution in [2.75, 3.05) is 25.1 Å². The Morgan fingerprint density at radius 2 is 1.82 bits per heavy atom. The van der Waals surface area contributed by atoms with Crippen LogP contribution < -0.4 is 26.6 Å². The van der Waals surface area contributed by atoms with Gasteiger partial charge in [0.15, 0.2) is 11.6 Å². The highest BCUT2D eigenvalue weighted by Crippen LogP contribution is 2.45. The molecule has 2 atom stereocenters. The molecule has 2 heterocycles. The monoisotopic (exact) mass is 474 g/mol. The topological polar surface area (TPSA) is 93.3 Å². The second-order valence-corrected chi connectivity index (χ2v) is 9.06. The van der Waals surface area contributed by atoms with E-state index in [1.165, 1.54) is 24.7 Å². The molecule has 0 spiro atoms. The van der Waals surface area contributed by atoms with E-state index in [4.69, 9.17) is 10.5 Å². The van der Waals surface area contributed by atoms with Gasteiger partial charge in [-0.25, -0.2) is 18.0 Å². The summed E-state index contributed by atoms with van der Waals surface area (Å²) < 4.78 is 51.4. The second kappa shape index (κ2) is 8.19. The van der Waals surface area contributed by atoms with E-state index in [0.717, 1.165) is 25.0 Å². The average Bonchev–Trinajstić information content (AvgIpc) is 3.50. The minimum Gasteiger partial charge on any atom is -0.492 e. The maximum atomic E-state index is 15.7. The summed E-state index contributed by atoms with van der Waals surface area (Å²) in [5, 5.41) is 0.0745. The van der Waals surface area contributed by atoms with Crippen molar-refractivity contribution in [1.29, 1.82) is 0 Å². The normalized spacial score (nSPS) is 19.1. The van der Waals surface area contributed by atoms with Gasteiger partial charge in [0, 0.05) is 36.3 Å². The number of rotatable bonds is 5. The Kier molecular flexibility index (Phi) is 5.43. The summed E-state index contributed by atoms with van der Waals surface area (Å²) in [6.07, 6.45) is 2.01. The Hall–Kier alpha value is -3.27. The zero-order valence-corrected chi connectivity index (χ0v) is 18.8.